The minimum absolute atomic E-state index is 0.0673. The van der Waals surface area contributed by atoms with Crippen molar-refractivity contribution in [1.82, 2.24) is 14.7 Å². The minimum atomic E-state index is -3.00. The molecule has 0 unspecified atom stereocenters. The Kier molecular flexibility index (Phi) is 5.71. The van der Waals surface area contributed by atoms with Crippen LogP contribution < -0.4 is 4.74 Å². The average molecular weight is 418 g/mol. The highest BCUT2D eigenvalue weighted by Gasteiger charge is 2.32. The molecular weight excluding hydrogens is 398 g/mol. The molecular formula is C16H20ClN3O4S2. The second kappa shape index (κ2) is 7.67. The quantitative estimate of drug-likeness (QED) is 0.668. The van der Waals surface area contributed by atoms with Gasteiger partial charge in [-0.25, -0.2) is 13.1 Å². The molecule has 1 aliphatic heterocycles. The summed E-state index contributed by atoms with van der Waals surface area (Å²) in [4.78, 5) is 2.22. The number of sulfone groups is 1. The summed E-state index contributed by atoms with van der Waals surface area (Å²) >= 11 is 11.3. The molecule has 2 aromatic rings. The summed E-state index contributed by atoms with van der Waals surface area (Å²) in [6, 6.07) is 5.46. The standard InChI is InChI=1S/C16H20ClN3O4S2/c1-19(8-12-7-13(17)3-4-14(12)23-2)10-20-16(25)24-15(18-20)11-5-6-26(21,22)9-11/h3-4,7,11H,5-6,8-10H2,1-2H3/t11-/m1/s1. The molecule has 1 saturated heterocycles. The number of hydrogen-bond donors (Lipinski definition) is 0. The number of hydrogen-bond acceptors (Lipinski definition) is 7. The van der Waals surface area contributed by atoms with Gasteiger partial charge in [0.15, 0.2) is 9.84 Å². The highest BCUT2D eigenvalue weighted by atomic mass is 35.5. The van der Waals surface area contributed by atoms with E-state index in [1.807, 2.05) is 24.1 Å². The van der Waals surface area contributed by atoms with Gasteiger partial charge in [0.1, 0.15) is 5.75 Å². The van der Waals surface area contributed by atoms with Gasteiger partial charge in [0.25, 0.3) is 4.84 Å². The highest BCUT2D eigenvalue weighted by molar-refractivity contribution is 7.91. The zero-order valence-electron chi connectivity index (χ0n) is 14.5. The van der Waals surface area contributed by atoms with E-state index in [9.17, 15) is 8.42 Å². The third-order valence-corrected chi connectivity index (χ3v) is 6.56. The van der Waals surface area contributed by atoms with Crippen LogP contribution in [-0.2, 0) is 23.1 Å². The Balaban J connectivity index is 1.71. The highest BCUT2D eigenvalue weighted by Crippen LogP contribution is 2.28. The molecule has 0 amide bonds. The largest absolute Gasteiger partial charge is 0.496 e. The first-order valence-electron chi connectivity index (χ1n) is 8.06. The van der Waals surface area contributed by atoms with Crippen molar-refractivity contribution in [2.75, 3.05) is 25.7 Å². The number of methoxy groups -OCH3 is 1. The molecule has 1 aliphatic rings. The van der Waals surface area contributed by atoms with Crippen LogP contribution in [0.1, 0.15) is 23.8 Å². The molecule has 10 heteroatoms. The van der Waals surface area contributed by atoms with E-state index in [-0.39, 0.29) is 22.3 Å². The molecule has 1 atom stereocenters. The number of aromatic nitrogens is 2. The second-order valence-corrected chi connectivity index (χ2v) is 9.43. The lowest BCUT2D eigenvalue weighted by Gasteiger charge is -2.18. The van der Waals surface area contributed by atoms with Gasteiger partial charge in [-0.2, -0.15) is 0 Å². The van der Waals surface area contributed by atoms with Crippen LogP contribution in [0.25, 0.3) is 0 Å². The molecule has 0 radical (unpaired) electrons. The van der Waals surface area contributed by atoms with Crippen molar-refractivity contribution in [3.63, 3.8) is 0 Å². The van der Waals surface area contributed by atoms with Crippen LogP contribution in [0.4, 0.5) is 0 Å². The molecule has 0 aliphatic carbocycles. The van der Waals surface area contributed by atoms with Gasteiger partial charge < -0.3 is 9.15 Å². The third kappa shape index (κ3) is 4.46. The Labute approximate surface area is 162 Å². The Hall–Kier alpha value is -1.42. The van der Waals surface area contributed by atoms with Crippen LogP contribution in [0.2, 0.25) is 5.02 Å². The van der Waals surface area contributed by atoms with Crippen LogP contribution in [-0.4, -0.2) is 48.8 Å². The Morgan fingerprint density at radius 1 is 1.50 bits per heavy atom. The maximum absolute atomic E-state index is 11.6. The van der Waals surface area contributed by atoms with E-state index in [1.165, 1.54) is 0 Å². The zero-order valence-corrected chi connectivity index (χ0v) is 16.9. The fourth-order valence-electron chi connectivity index (χ4n) is 3.01. The summed E-state index contributed by atoms with van der Waals surface area (Å²) in [5.41, 5.74) is 0.944. The van der Waals surface area contributed by atoms with Gasteiger partial charge in [-0.05, 0) is 43.9 Å². The lowest BCUT2D eigenvalue weighted by molar-refractivity contribution is 0.237. The van der Waals surface area contributed by atoms with Gasteiger partial charge in [0.2, 0.25) is 5.89 Å². The Morgan fingerprint density at radius 2 is 2.27 bits per heavy atom. The van der Waals surface area contributed by atoms with Crippen LogP contribution in [0.15, 0.2) is 22.6 Å². The number of rotatable bonds is 6. The summed E-state index contributed by atoms with van der Waals surface area (Å²) in [5, 5.41) is 5.02. The van der Waals surface area contributed by atoms with Gasteiger partial charge in [-0.3, -0.25) is 4.90 Å². The van der Waals surface area contributed by atoms with E-state index < -0.39 is 9.84 Å². The predicted molar refractivity (Wildman–Crippen MR) is 101 cm³/mol. The first kappa shape index (κ1) is 19.3. The Morgan fingerprint density at radius 3 is 2.92 bits per heavy atom. The monoisotopic (exact) mass is 417 g/mol. The second-order valence-electron chi connectivity index (χ2n) is 6.42. The smallest absolute Gasteiger partial charge is 0.288 e. The molecule has 1 aromatic heterocycles. The van der Waals surface area contributed by atoms with Crippen molar-refractivity contribution in [2.24, 2.45) is 0 Å². The zero-order chi connectivity index (χ0) is 18.9. The van der Waals surface area contributed by atoms with E-state index >= 15 is 0 Å². The van der Waals surface area contributed by atoms with Gasteiger partial charge in [0, 0.05) is 17.1 Å². The number of nitrogens with zero attached hydrogens (tertiary/aromatic N) is 3. The molecule has 0 bridgehead atoms. The fraction of sp³-hybridized carbons (Fsp3) is 0.500. The van der Waals surface area contributed by atoms with E-state index in [0.717, 1.165) is 11.3 Å². The summed E-state index contributed by atoms with van der Waals surface area (Å²) < 4.78 is 35.7. The molecule has 1 fully saturated rings. The number of ether oxygens (including phenoxy) is 1. The molecule has 2 heterocycles. The van der Waals surface area contributed by atoms with Crippen molar-refractivity contribution in [3.05, 3.63) is 39.5 Å². The molecule has 1 aromatic carbocycles. The number of benzene rings is 1. The third-order valence-electron chi connectivity index (χ3n) is 4.26. The van der Waals surface area contributed by atoms with Gasteiger partial charge in [-0.15, -0.1) is 5.10 Å². The van der Waals surface area contributed by atoms with Crippen LogP contribution >= 0.6 is 23.8 Å². The van der Waals surface area contributed by atoms with E-state index in [2.05, 4.69) is 5.10 Å². The lowest BCUT2D eigenvalue weighted by Crippen LogP contribution is -2.23. The summed E-state index contributed by atoms with van der Waals surface area (Å²) in [6.45, 7) is 0.975. The first-order valence-corrected chi connectivity index (χ1v) is 10.7. The van der Waals surface area contributed by atoms with Crippen LogP contribution in [0.5, 0.6) is 5.75 Å². The minimum Gasteiger partial charge on any atom is -0.496 e. The normalized spacial score (nSPS) is 19.2. The lowest BCUT2D eigenvalue weighted by atomic mass is 10.1. The maximum atomic E-state index is 11.6. The SMILES string of the molecule is COc1ccc(Cl)cc1CN(C)Cn1nc([C@@H]2CCS(=O)(=O)C2)oc1=S. The average Bonchev–Trinajstić information content (AvgIpc) is 3.10. The van der Waals surface area contributed by atoms with Gasteiger partial charge in [0.05, 0.1) is 31.2 Å². The first-order chi connectivity index (χ1) is 12.3. The molecule has 0 spiro atoms. The van der Waals surface area contributed by atoms with Crippen molar-refractivity contribution in [3.8, 4) is 5.75 Å². The molecule has 3 rings (SSSR count). The predicted octanol–water partition coefficient (Wildman–Crippen LogP) is 2.86. The molecule has 0 saturated carbocycles. The Bertz CT molecular complexity index is 955. The van der Waals surface area contributed by atoms with Crippen molar-refractivity contribution < 1.29 is 17.6 Å². The topological polar surface area (TPSA) is 77.6 Å². The van der Waals surface area contributed by atoms with E-state index in [4.69, 9.17) is 33.0 Å². The van der Waals surface area contributed by atoms with Crippen molar-refractivity contribution in [1.29, 1.82) is 0 Å². The van der Waals surface area contributed by atoms with Gasteiger partial charge in [-0.1, -0.05) is 11.6 Å². The van der Waals surface area contributed by atoms with E-state index in [1.54, 1.807) is 17.9 Å². The maximum Gasteiger partial charge on any atom is 0.288 e. The summed E-state index contributed by atoms with van der Waals surface area (Å²) in [6.07, 6.45) is 0.521. The van der Waals surface area contributed by atoms with Crippen LogP contribution in [0, 0.1) is 4.84 Å². The summed E-state index contributed by atoms with van der Waals surface area (Å²) in [5.74, 6) is 1.16. The fourth-order valence-corrected chi connectivity index (χ4v) is 5.12. The van der Waals surface area contributed by atoms with Crippen LogP contribution in [0.3, 0.4) is 0 Å². The molecule has 7 nitrogen and oxygen atoms in total. The summed E-state index contributed by atoms with van der Waals surface area (Å²) in [7, 11) is 0.524. The number of halogens is 1. The van der Waals surface area contributed by atoms with Gasteiger partial charge >= 0.3 is 0 Å². The molecule has 0 N–H and O–H groups in total. The molecule has 26 heavy (non-hydrogen) atoms. The van der Waals surface area contributed by atoms with Crippen molar-refractivity contribution >= 4 is 33.7 Å². The molecule has 142 valence electrons. The van der Waals surface area contributed by atoms with Crippen molar-refractivity contribution in [2.45, 2.75) is 25.6 Å². The van der Waals surface area contributed by atoms with E-state index in [0.29, 0.717) is 30.5 Å².